The number of halogens is 1. The van der Waals surface area contributed by atoms with E-state index in [1.165, 1.54) is 12.1 Å². The highest BCUT2D eigenvalue weighted by Gasteiger charge is 2.46. The number of sulfone groups is 1. The first-order valence-corrected chi connectivity index (χ1v) is 9.46. The predicted molar refractivity (Wildman–Crippen MR) is 83.1 cm³/mol. The quantitative estimate of drug-likeness (QED) is 0.796. The van der Waals surface area contributed by atoms with Gasteiger partial charge in [-0.15, -0.1) is 0 Å². The fourth-order valence-corrected chi connectivity index (χ4v) is 6.34. The van der Waals surface area contributed by atoms with Gasteiger partial charge < -0.3 is 0 Å². The van der Waals surface area contributed by atoms with Gasteiger partial charge in [0.05, 0.1) is 28.6 Å². The Labute approximate surface area is 135 Å². The van der Waals surface area contributed by atoms with Crippen molar-refractivity contribution in [2.75, 3.05) is 0 Å². The van der Waals surface area contributed by atoms with Crippen molar-refractivity contribution in [1.82, 2.24) is 0 Å². The second kappa shape index (κ2) is 6.04. The van der Waals surface area contributed by atoms with Gasteiger partial charge in [0, 0.05) is 5.92 Å². The molecular formula is C17H18FNO3S. The van der Waals surface area contributed by atoms with Gasteiger partial charge in [-0.1, -0.05) is 12.5 Å². The maximum atomic E-state index is 14.2. The van der Waals surface area contributed by atoms with Crippen molar-refractivity contribution in [1.29, 1.82) is 5.26 Å². The van der Waals surface area contributed by atoms with Crippen LogP contribution in [0.3, 0.4) is 0 Å². The molecule has 2 heterocycles. The molecule has 2 saturated heterocycles. The molecule has 2 aliphatic rings. The largest absolute Gasteiger partial charge is 0.294 e. The minimum Gasteiger partial charge on any atom is -0.294 e. The van der Waals surface area contributed by atoms with Crippen molar-refractivity contribution in [3.63, 3.8) is 0 Å². The van der Waals surface area contributed by atoms with E-state index in [1.54, 1.807) is 6.07 Å². The topological polar surface area (TPSA) is 75.0 Å². The van der Waals surface area contributed by atoms with Gasteiger partial charge in [0.2, 0.25) is 0 Å². The van der Waals surface area contributed by atoms with E-state index >= 15 is 0 Å². The average molecular weight is 335 g/mol. The van der Waals surface area contributed by atoms with E-state index in [-0.39, 0.29) is 17.8 Å². The highest BCUT2D eigenvalue weighted by molar-refractivity contribution is 7.92. The van der Waals surface area contributed by atoms with Gasteiger partial charge in [-0.05, 0) is 43.4 Å². The Morgan fingerprint density at radius 1 is 1.26 bits per heavy atom. The summed E-state index contributed by atoms with van der Waals surface area (Å²) < 4.78 is 38.7. The molecule has 1 aromatic rings. The number of nitriles is 1. The van der Waals surface area contributed by atoms with Crippen LogP contribution in [0, 0.1) is 23.1 Å². The van der Waals surface area contributed by atoms with Crippen LogP contribution in [-0.2, 0) is 16.3 Å². The van der Waals surface area contributed by atoms with Crippen molar-refractivity contribution >= 4 is 15.6 Å². The fourth-order valence-electron chi connectivity index (χ4n) is 3.80. The first kappa shape index (κ1) is 16.1. The number of carbonyl (C=O) groups excluding carboxylic acids is 1. The number of Topliss-reactive ketones (excluding diaryl/α,β-unsaturated/α-hetero) is 1. The zero-order chi connectivity index (χ0) is 16.6. The standard InChI is InChI=1S/C17H18FNO3S/c18-16-8-11(6-7-19)4-5-15(16)17(20)12-9-13-2-1-3-14(10-12)23(13,21)22/h4-5,8,12-14H,1-3,6,9-10H2. The van der Waals surface area contributed by atoms with Gasteiger partial charge in [0.1, 0.15) is 5.82 Å². The molecule has 0 amide bonds. The normalized spacial score (nSPS) is 28.8. The summed E-state index contributed by atoms with van der Waals surface area (Å²) in [6.45, 7) is 0. The maximum absolute atomic E-state index is 14.2. The second-order valence-corrected chi connectivity index (χ2v) is 8.96. The monoisotopic (exact) mass is 335 g/mol. The lowest BCUT2D eigenvalue weighted by Crippen LogP contribution is -2.45. The first-order chi connectivity index (χ1) is 10.9. The molecule has 0 radical (unpaired) electrons. The van der Waals surface area contributed by atoms with Gasteiger partial charge in [-0.25, -0.2) is 12.8 Å². The van der Waals surface area contributed by atoms with Crippen LogP contribution in [0.25, 0.3) is 0 Å². The lowest BCUT2D eigenvalue weighted by atomic mass is 9.84. The number of nitrogens with zero attached hydrogens (tertiary/aromatic N) is 1. The van der Waals surface area contributed by atoms with Crippen molar-refractivity contribution in [3.05, 3.63) is 35.1 Å². The third kappa shape index (κ3) is 2.90. The predicted octanol–water partition coefficient (Wildman–Crippen LogP) is 2.82. The summed E-state index contributed by atoms with van der Waals surface area (Å²) in [4.78, 5) is 12.6. The fraction of sp³-hybridized carbons (Fsp3) is 0.529. The average Bonchev–Trinajstić information content (AvgIpc) is 2.46. The van der Waals surface area contributed by atoms with Crippen LogP contribution < -0.4 is 0 Å². The Balaban J connectivity index is 1.83. The maximum Gasteiger partial charge on any atom is 0.168 e. The summed E-state index contributed by atoms with van der Waals surface area (Å²) in [5, 5.41) is 7.73. The van der Waals surface area contributed by atoms with E-state index in [4.69, 9.17) is 5.26 Å². The Hall–Kier alpha value is -1.74. The number of benzene rings is 1. The molecule has 4 nitrogen and oxygen atoms in total. The van der Waals surface area contributed by atoms with E-state index in [0.717, 1.165) is 6.42 Å². The summed E-state index contributed by atoms with van der Waals surface area (Å²) >= 11 is 0. The Bertz CT molecular complexity index is 762. The summed E-state index contributed by atoms with van der Waals surface area (Å²) in [6.07, 6.45) is 2.79. The Morgan fingerprint density at radius 2 is 1.91 bits per heavy atom. The molecule has 2 atom stereocenters. The minimum absolute atomic E-state index is 0.00839. The number of hydrogen-bond acceptors (Lipinski definition) is 4. The smallest absolute Gasteiger partial charge is 0.168 e. The van der Waals surface area contributed by atoms with Gasteiger partial charge in [0.25, 0.3) is 0 Å². The number of carbonyl (C=O) groups is 1. The molecule has 2 aliphatic heterocycles. The van der Waals surface area contributed by atoms with E-state index < -0.39 is 32.1 Å². The Morgan fingerprint density at radius 3 is 2.48 bits per heavy atom. The van der Waals surface area contributed by atoms with Crippen molar-refractivity contribution in [2.45, 2.75) is 49.0 Å². The van der Waals surface area contributed by atoms with Crippen LogP contribution >= 0.6 is 0 Å². The summed E-state index contributed by atoms with van der Waals surface area (Å²) in [5.74, 6) is -1.36. The highest BCUT2D eigenvalue weighted by atomic mass is 32.2. The minimum atomic E-state index is -3.12. The zero-order valence-electron chi connectivity index (χ0n) is 12.7. The number of fused-ring (bicyclic) bond motifs is 2. The molecular weight excluding hydrogens is 317 g/mol. The lowest BCUT2D eigenvalue weighted by molar-refractivity contribution is 0.0890. The number of hydrogen-bond donors (Lipinski definition) is 0. The lowest BCUT2D eigenvalue weighted by Gasteiger charge is -2.38. The van der Waals surface area contributed by atoms with E-state index in [9.17, 15) is 17.6 Å². The molecule has 1 aromatic carbocycles. The van der Waals surface area contributed by atoms with Crippen molar-refractivity contribution < 1.29 is 17.6 Å². The molecule has 23 heavy (non-hydrogen) atoms. The molecule has 0 aliphatic carbocycles. The van der Waals surface area contributed by atoms with Gasteiger partial charge in [0.15, 0.2) is 15.6 Å². The van der Waals surface area contributed by atoms with Crippen molar-refractivity contribution in [3.8, 4) is 6.07 Å². The van der Waals surface area contributed by atoms with Gasteiger partial charge in [-0.3, -0.25) is 4.79 Å². The molecule has 122 valence electrons. The number of rotatable bonds is 3. The van der Waals surface area contributed by atoms with Gasteiger partial charge >= 0.3 is 0 Å². The molecule has 3 rings (SSSR count). The van der Waals surface area contributed by atoms with Crippen LogP contribution in [0.15, 0.2) is 18.2 Å². The molecule has 0 aromatic heterocycles. The second-order valence-electron chi connectivity index (χ2n) is 6.45. The summed E-state index contributed by atoms with van der Waals surface area (Å²) in [6, 6.07) is 6.16. The van der Waals surface area contributed by atoms with E-state index in [0.29, 0.717) is 31.2 Å². The van der Waals surface area contributed by atoms with E-state index in [1.807, 2.05) is 6.07 Å². The molecule has 2 bridgehead atoms. The molecule has 0 spiro atoms. The summed E-state index contributed by atoms with van der Waals surface area (Å²) in [7, 11) is -3.12. The van der Waals surface area contributed by atoms with Crippen LogP contribution in [-0.4, -0.2) is 24.7 Å². The van der Waals surface area contributed by atoms with Crippen LogP contribution in [0.4, 0.5) is 4.39 Å². The Kier molecular flexibility index (Phi) is 4.24. The third-order valence-corrected chi connectivity index (χ3v) is 7.74. The van der Waals surface area contributed by atoms with Crippen LogP contribution in [0.5, 0.6) is 0 Å². The summed E-state index contributed by atoms with van der Waals surface area (Å²) in [5.41, 5.74) is 0.540. The zero-order valence-corrected chi connectivity index (χ0v) is 13.5. The SMILES string of the molecule is N#CCc1ccc(C(=O)C2CC3CCCC(C2)S3(=O)=O)c(F)c1. The van der Waals surface area contributed by atoms with E-state index in [2.05, 4.69) is 0 Å². The van der Waals surface area contributed by atoms with Crippen LogP contribution in [0.2, 0.25) is 0 Å². The van der Waals surface area contributed by atoms with Crippen molar-refractivity contribution in [2.24, 2.45) is 5.92 Å². The first-order valence-electron chi connectivity index (χ1n) is 7.85. The third-order valence-electron chi connectivity index (χ3n) is 5.03. The molecule has 0 N–H and O–H groups in total. The van der Waals surface area contributed by atoms with Crippen LogP contribution in [0.1, 0.15) is 48.0 Å². The highest BCUT2D eigenvalue weighted by Crippen LogP contribution is 2.40. The molecule has 0 saturated carbocycles. The van der Waals surface area contributed by atoms with Gasteiger partial charge in [-0.2, -0.15) is 5.26 Å². The number of ketones is 1. The molecule has 2 unspecified atom stereocenters. The molecule has 6 heteroatoms. The molecule has 2 fully saturated rings.